The molecule has 1 heterocycles. The van der Waals surface area contributed by atoms with E-state index in [0.717, 1.165) is 11.4 Å². The molecule has 5 heteroatoms. The first kappa shape index (κ1) is 13.3. The van der Waals surface area contributed by atoms with Crippen molar-refractivity contribution in [1.29, 1.82) is 0 Å². The molecule has 1 aromatic carbocycles. The maximum Gasteiger partial charge on any atom is 0.243 e. The van der Waals surface area contributed by atoms with Gasteiger partial charge in [-0.15, -0.1) is 0 Å². The molecule has 0 fully saturated rings. The quantitative estimate of drug-likeness (QED) is 0.852. The molecule has 4 N–H and O–H groups in total. The van der Waals surface area contributed by atoms with Gasteiger partial charge in [0.25, 0.3) is 0 Å². The smallest absolute Gasteiger partial charge is 0.243 e. The van der Waals surface area contributed by atoms with Gasteiger partial charge in [0.1, 0.15) is 5.54 Å². The first-order valence-electron chi connectivity index (χ1n) is 6.08. The molecule has 0 saturated carbocycles. The van der Waals surface area contributed by atoms with Crippen molar-refractivity contribution in [3.63, 3.8) is 0 Å². The third-order valence-electron chi connectivity index (χ3n) is 3.49. The molecule has 100 valence electrons. The molecule has 0 aliphatic heterocycles. The number of primary amides is 1. The van der Waals surface area contributed by atoms with E-state index in [1.165, 1.54) is 0 Å². The van der Waals surface area contributed by atoms with Crippen LogP contribution in [0.25, 0.3) is 0 Å². The highest BCUT2D eigenvalue weighted by Crippen LogP contribution is 2.21. The second-order valence-electron chi connectivity index (χ2n) is 4.74. The molecule has 1 atom stereocenters. The maximum absolute atomic E-state index is 11.8. The van der Waals surface area contributed by atoms with Gasteiger partial charge in [-0.3, -0.25) is 4.79 Å². The molecule has 0 aliphatic rings. The van der Waals surface area contributed by atoms with Gasteiger partial charge in [0.05, 0.1) is 18.6 Å². The lowest BCUT2D eigenvalue weighted by atomic mass is 9.90. The summed E-state index contributed by atoms with van der Waals surface area (Å²) in [6, 6.07) is 9.17. The van der Waals surface area contributed by atoms with Crippen molar-refractivity contribution in [2.24, 2.45) is 11.5 Å². The Bertz CT molecular complexity index is 591. The zero-order valence-corrected chi connectivity index (χ0v) is 11.1. The first-order chi connectivity index (χ1) is 8.95. The van der Waals surface area contributed by atoms with E-state index in [1.807, 2.05) is 48.7 Å². The number of aromatic nitrogens is 2. The van der Waals surface area contributed by atoms with Crippen molar-refractivity contribution < 1.29 is 4.79 Å². The fourth-order valence-electron chi connectivity index (χ4n) is 2.02. The molecule has 1 unspecified atom stereocenters. The Hall–Kier alpha value is -2.14. The second kappa shape index (κ2) is 4.85. The van der Waals surface area contributed by atoms with E-state index in [9.17, 15) is 4.79 Å². The predicted octanol–water partition coefficient (Wildman–Crippen LogP) is 0.839. The van der Waals surface area contributed by atoms with E-state index in [2.05, 4.69) is 4.98 Å². The molecule has 0 radical (unpaired) electrons. The molecule has 1 amide bonds. The lowest BCUT2D eigenvalue weighted by Crippen LogP contribution is -2.52. The van der Waals surface area contributed by atoms with Crippen LogP contribution < -0.4 is 11.5 Å². The van der Waals surface area contributed by atoms with E-state index < -0.39 is 11.4 Å². The normalized spacial score (nSPS) is 14.1. The van der Waals surface area contributed by atoms with Gasteiger partial charge < -0.3 is 16.0 Å². The van der Waals surface area contributed by atoms with Crippen LogP contribution in [0, 0.1) is 13.8 Å². The second-order valence-corrected chi connectivity index (χ2v) is 4.74. The van der Waals surface area contributed by atoms with Crippen molar-refractivity contribution in [1.82, 2.24) is 9.55 Å². The summed E-state index contributed by atoms with van der Waals surface area (Å²) in [5.41, 5.74) is 13.1. The average molecular weight is 258 g/mol. The van der Waals surface area contributed by atoms with E-state index in [0.29, 0.717) is 5.56 Å². The number of amides is 1. The largest absolute Gasteiger partial charge is 0.368 e. The monoisotopic (exact) mass is 258 g/mol. The molecular formula is C14H18N4O. The lowest BCUT2D eigenvalue weighted by molar-refractivity contribution is -0.124. The lowest BCUT2D eigenvalue weighted by Gasteiger charge is -2.27. The van der Waals surface area contributed by atoms with Gasteiger partial charge in [0.15, 0.2) is 0 Å². The Morgan fingerprint density at radius 1 is 1.32 bits per heavy atom. The zero-order chi connectivity index (χ0) is 14.0. The topological polar surface area (TPSA) is 86.9 Å². The summed E-state index contributed by atoms with van der Waals surface area (Å²) in [6.45, 7) is 4.13. The van der Waals surface area contributed by atoms with E-state index in [4.69, 9.17) is 11.5 Å². The third kappa shape index (κ3) is 2.37. The Morgan fingerprint density at radius 2 is 1.95 bits per heavy atom. The molecule has 2 aromatic rings. The minimum absolute atomic E-state index is 0.277. The van der Waals surface area contributed by atoms with Crippen LogP contribution in [0.2, 0.25) is 0 Å². The van der Waals surface area contributed by atoms with Crippen LogP contribution in [0.5, 0.6) is 0 Å². The maximum atomic E-state index is 11.8. The standard InChI is InChI=1S/C14H18N4O/c1-10-11(2)18(9-17-10)8-14(16,13(15)19)12-6-4-3-5-7-12/h3-7,9H,8,16H2,1-2H3,(H2,15,19). The predicted molar refractivity (Wildman–Crippen MR) is 73.2 cm³/mol. The van der Waals surface area contributed by atoms with Crippen molar-refractivity contribution >= 4 is 5.91 Å². The summed E-state index contributed by atoms with van der Waals surface area (Å²) in [5.74, 6) is -0.551. The molecule has 0 spiro atoms. The number of imidazole rings is 1. The van der Waals surface area contributed by atoms with Crippen LogP contribution >= 0.6 is 0 Å². The molecule has 0 bridgehead atoms. The molecule has 0 saturated heterocycles. The number of carbonyl (C=O) groups is 1. The molecular weight excluding hydrogens is 240 g/mol. The fraction of sp³-hybridized carbons (Fsp3) is 0.286. The first-order valence-corrected chi connectivity index (χ1v) is 6.08. The number of hydrogen-bond donors (Lipinski definition) is 2. The minimum Gasteiger partial charge on any atom is -0.368 e. The summed E-state index contributed by atoms with van der Waals surface area (Å²) >= 11 is 0. The highest BCUT2D eigenvalue weighted by Gasteiger charge is 2.34. The SMILES string of the molecule is Cc1ncn(CC(N)(C(N)=O)c2ccccc2)c1C. The van der Waals surface area contributed by atoms with Gasteiger partial charge in [0, 0.05) is 5.69 Å². The van der Waals surface area contributed by atoms with Gasteiger partial charge in [-0.2, -0.15) is 0 Å². The fourth-order valence-corrected chi connectivity index (χ4v) is 2.02. The van der Waals surface area contributed by atoms with Gasteiger partial charge in [-0.1, -0.05) is 30.3 Å². The van der Waals surface area contributed by atoms with Crippen LogP contribution in [0.1, 0.15) is 17.0 Å². The van der Waals surface area contributed by atoms with E-state index in [1.54, 1.807) is 6.33 Å². The van der Waals surface area contributed by atoms with Crippen LogP contribution in [0.3, 0.4) is 0 Å². The Balaban J connectivity index is 2.42. The number of carbonyl (C=O) groups excluding carboxylic acids is 1. The highest BCUT2D eigenvalue weighted by atomic mass is 16.1. The molecule has 0 aliphatic carbocycles. The molecule has 5 nitrogen and oxygen atoms in total. The summed E-state index contributed by atoms with van der Waals surface area (Å²) in [7, 11) is 0. The number of rotatable bonds is 4. The van der Waals surface area contributed by atoms with Crippen molar-refractivity contribution in [3.8, 4) is 0 Å². The van der Waals surface area contributed by atoms with Crippen molar-refractivity contribution in [2.75, 3.05) is 0 Å². The number of aryl methyl sites for hydroxylation is 1. The number of hydrogen-bond acceptors (Lipinski definition) is 3. The minimum atomic E-state index is -1.24. The van der Waals surface area contributed by atoms with Gasteiger partial charge in [-0.05, 0) is 19.4 Å². The molecule has 1 aromatic heterocycles. The molecule has 19 heavy (non-hydrogen) atoms. The summed E-state index contributed by atoms with van der Waals surface area (Å²) in [5, 5.41) is 0. The zero-order valence-electron chi connectivity index (χ0n) is 11.1. The Morgan fingerprint density at radius 3 is 2.42 bits per heavy atom. The highest BCUT2D eigenvalue weighted by molar-refractivity contribution is 5.85. The summed E-state index contributed by atoms with van der Waals surface area (Å²) in [4.78, 5) is 16.0. The van der Waals surface area contributed by atoms with Crippen molar-refractivity contribution in [3.05, 3.63) is 53.6 Å². The van der Waals surface area contributed by atoms with Crippen molar-refractivity contribution in [2.45, 2.75) is 25.9 Å². The van der Waals surface area contributed by atoms with E-state index in [-0.39, 0.29) is 6.54 Å². The number of nitrogens with zero attached hydrogens (tertiary/aromatic N) is 2. The average Bonchev–Trinajstić information content (AvgIpc) is 2.71. The van der Waals surface area contributed by atoms with E-state index >= 15 is 0 Å². The Kier molecular flexibility index (Phi) is 3.40. The molecule has 2 rings (SSSR count). The third-order valence-corrected chi connectivity index (χ3v) is 3.49. The number of nitrogens with two attached hydrogens (primary N) is 2. The van der Waals surface area contributed by atoms with Crippen LogP contribution in [0.15, 0.2) is 36.7 Å². The van der Waals surface area contributed by atoms with Gasteiger partial charge in [0.2, 0.25) is 5.91 Å². The van der Waals surface area contributed by atoms with Gasteiger partial charge >= 0.3 is 0 Å². The van der Waals surface area contributed by atoms with Crippen LogP contribution in [0.4, 0.5) is 0 Å². The van der Waals surface area contributed by atoms with Crippen LogP contribution in [-0.2, 0) is 16.9 Å². The number of benzene rings is 1. The summed E-state index contributed by atoms with van der Waals surface area (Å²) in [6.07, 6.45) is 1.68. The summed E-state index contributed by atoms with van der Waals surface area (Å²) < 4.78 is 1.85. The Labute approximate surface area is 112 Å². The van der Waals surface area contributed by atoms with Crippen LogP contribution in [-0.4, -0.2) is 15.5 Å². The van der Waals surface area contributed by atoms with Gasteiger partial charge in [-0.25, -0.2) is 4.98 Å².